The lowest BCUT2D eigenvalue weighted by Crippen LogP contribution is -2.31. The van der Waals surface area contributed by atoms with Crippen molar-refractivity contribution in [1.29, 1.82) is 0 Å². The van der Waals surface area contributed by atoms with Crippen LogP contribution >= 0.6 is 22.9 Å². The lowest BCUT2D eigenvalue weighted by Gasteiger charge is -2.16. The predicted molar refractivity (Wildman–Crippen MR) is 104 cm³/mol. The number of carbonyl (C=O) groups excluding carboxylic acids is 1. The third kappa shape index (κ3) is 3.43. The van der Waals surface area contributed by atoms with Gasteiger partial charge in [0.2, 0.25) is 5.95 Å². The second-order valence-corrected chi connectivity index (χ2v) is 7.95. The van der Waals surface area contributed by atoms with Crippen LogP contribution in [0.3, 0.4) is 0 Å². The third-order valence-corrected chi connectivity index (χ3v) is 6.01. The number of nitrogens with zero attached hydrogens (tertiary/aromatic N) is 2. The van der Waals surface area contributed by atoms with Gasteiger partial charge in [-0.25, -0.2) is 9.97 Å². The molecule has 3 N–H and O–H groups in total. The van der Waals surface area contributed by atoms with Crippen molar-refractivity contribution in [3.63, 3.8) is 0 Å². The number of hydrogen-bond donors (Lipinski definition) is 2. The molecule has 0 saturated heterocycles. The maximum absolute atomic E-state index is 12.5. The van der Waals surface area contributed by atoms with E-state index in [-0.39, 0.29) is 17.3 Å². The first kappa shape index (κ1) is 17.0. The van der Waals surface area contributed by atoms with Crippen LogP contribution in [0.2, 0.25) is 5.02 Å². The Morgan fingerprint density at radius 2 is 1.96 bits per heavy atom. The Balaban J connectivity index is 1.44. The Morgan fingerprint density at radius 3 is 2.65 bits per heavy atom. The van der Waals surface area contributed by atoms with Gasteiger partial charge < -0.3 is 11.1 Å². The van der Waals surface area contributed by atoms with Gasteiger partial charge >= 0.3 is 0 Å². The number of hydrogen-bond acceptors (Lipinski definition) is 5. The second kappa shape index (κ2) is 6.70. The molecule has 26 heavy (non-hydrogen) atoms. The van der Waals surface area contributed by atoms with Crippen LogP contribution in [-0.2, 0) is 5.41 Å². The van der Waals surface area contributed by atoms with E-state index >= 15 is 0 Å². The van der Waals surface area contributed by atoms with Crippen LogP contribution in [0.15, 0.2) is 48.7 Å². The van der Waals surface area contributed by atoms with Crippen LogP contribution in [0.25, 0.3) is 10.6 Å². The van der Waals surface area contributed by atoms with Crippen LogP contribution in [0, 0.1) is 0 Å². The highest BCUT2D eigenvalue weighted by Crippen LogP contribution is 2.47. The summed E-state index contributed by atoms with van der Waals surface area (Å²) >= 11 is 7.36. The number of thiophene rings is 1. The van der Waals surface area contributed by atoms with Gasteiger partial charge in [-0.15, -0.1) is 11.3 Å². The molecular formula is C19H17ClN4OS. The maximum Gasteiger partial charge on any atom is 0.261 e. The number of anilines is 1. The van der Waals surface area contributed by atoms with Gasteiger partial charge in [-0.05, 0) is 48.7 Å². The Morgan fingerprint density at radius 1 is 1.19 bits per heavy atom. The first-order valence-electron chi connectivity index (χ1n) is 8.29. The summed E-state index contributed by atoms with van der Waals surface area (Å²) in [5.41, 5.74) is 7.62. The molecule has 7 heteroatoms. The van der Waals surface area contributed by atoms with E-state index in [2.05, 4.69) is 15.3 Å². The minimum absolute atomic E-state index is 0.0431. The van der Waals surface area contributed by atoms with E-state index in [1.807, 2.05) is 36.4 Å². The van der Waals surface area contributed by atoms with Gasteiger partial charge in [0.1, 0.15) is 0 Å². The molecule has 0 aliphatic heterocycles. The van der Waals surface area contributed by atoms with Gasteiger partial charge in [-0.2, -0.15) is 0 Å². The van der Waals surface area contributed by atoms with Crippen LogP contribution in [0.4, 0.5) is 5.95 Å². The fourth-order valence-electron chi connectivity index (χ4n) is 2.97. The van der Waals surface area contributed by atoms with E-state index < -0.39 is 0 Å². The van der Waals surface area contributed by atoms with Crippen molar-refractivity contribution in [1.82, 2.24) is 15.3 Å². The number of rotatable bonds is 5. The Bertz CT molecular complexity index is 950. The zero-order chi connectivity index (χ0) is 18.1. The second-order valence-electron chi connectivity index (χ2n) is 6.43. The number of aromatic nitrogens is 2. The number of halogens is 1. The molecule has 2 heterocycles. The van der Waals surface area contributed by atoms with Crippen molar-refractivity contribution in [2.24, 2.45) is 0 Å². The smallest absolute Gasteiger partial charge is 0.261 e. The number of nitrogens with one attached hydrogen (secondary N) is 1. The first-order valence-corrected chi connectivity index (χ1v) is 9.48. The van der Waals surface area contributed by atoms with Gasteiger partial charge in [-0.1, -0.05) is 23.7 Å². The maximum atomic E-state index is 12.5. The predicted octanol–water partition coefficient (Wildman–Crippen LogP) is 3.90. The Labute approximate surface area is 160 Å². The normalized spacial score (nSPS) is 14.8. The quantitative estimate of drug-likeness (QED) is 0.699. The summed E-state index contributed by atoms with van der Waals surface area (Å²) in [5, 5.41) is 3.80. The number of benzene rings is 1. The molecule has 0 spiro atoms. The summed E-state index contributed by atoms with van der Waals surface area (Å²) in [7, 11) is 0. The molecule has 1 aromatic carbocycles. The highest BCUT2D eigenvalue weighted by molar-refractivity contribution is 7.17. The fourth-order valence-corrected chi connectivity index (χ4v) is 3.99. The van der Waals surface area contributed by atoms with Crippen LogP contribution in [0.1, 0.15) is 28.1 Å². The fraction of sp³-hybridized carbons (Fsp3) is 0.211. The van der Waals surface area contributed by atoms with Crippen molar-refractivity contribution in [3.05, 3.63) is 64.1 Å². The number of nitrogens with two attached hydrogens (primary N) is 1. The van der Waals surface area contributed by atoms with Crippen molar-refractivity contribution in [2.45, 2.75) is 18.3 Å². The van der Waals surface area contributed by atoms with E-state index in [1.165, 1.54) is 16.9 Å². The van der Waals surface area contributed by atoms with Crippen LogP contribution < -0.4 is 11.1 Å². The molecule has 2 aromatic heterocycles. The molecule has 1 aliphatic carbocycles. The molecule has 132 valence electrons. The van der Waals surface area contributed by atoms with Gasteiger partial charge in [-0.3, -0.25) is 4.79 Å². The highest BCUT2D eigenvalue weighted by Gasteiger charge is 2.44. The summed E-state index contributed by atoms with van der Waals surface area (Å²) in [6, 6.07) is 13.4. The molecular weight excluding hydrogens is 368 g/mol. The van der Waals surface area contributed by atoms with Crippen molar-refractivity contribution in [2.75, 3.05) is 12.3 Å². The summed E-state index contributed by atoms with van der Waals surface area (Å²) in [5.74, 6) is 0.157. The van der Waals surface area contributed by atoms with E-state index in [0.717, 1.165) is 28.4 Å². The van der Waals surface area contributed by atoms with Crippen molar-refractivity contribution >= 4 is 34.8 Å². The molecule has 0 radical (unpaired) electrons. The van der Waals surface area contributed by atoms with Crippen LogP contribution in [0.5, 0.6) is 0 Å². The standard InChI is InChI=1S/C19H17ClN4OS/c20-13-3-1-12(2-4-13)19(8-9-19)11-23-17(25)16-6-5-15(26-16)14-7-10-22-18(21)24-14/h1-7,10H,8-9,11H2,(H,23,25)(H2,21,22,24). The molecule has 0 atom stereocenters. The van der Waals surface area contributed by atoms with E-state index in [4.69, 9.17) is 17.3 Å². The first-order chi connectivity index (χ1) is 12.6. The van der Waals surface area contributed by atoms with E-state index in [0.29, 0.717) is 11.4 Å². The van der Waals surface area contributed by atoms with Crippen molar-refractivity contribution in [3.8, 4) is 10.6 Å². The monoisotopic (exact) mass is 384 g/mol. The molecule has 1 amide bonds. The number of nitrogen functional groups attached to an aromatic ring is 1. The third-order valence-electron chi connectivity index (χ3n) is 4.65. The van der Waals surface area contributed by atoms with E-state index in [9.17, 15) is 4.79 Å². The molecule has 0 bridgehead atoms. The average molecular weight is 385 g/mol. The molecule has 1 saturated carbocycles. The molecule has 3 aromatic rings. The topological polar surface area (TPSA) is 80.9 Å². The van der Waals surface area contributed by atoms with Crippen LogP contribution in [-0.4, -0.2) is 22.4 Å². The summed E-state index contributed by atoms with van der Waals surface area (Å²) in [4.78, 5) is 22.2. The number of amides is 1. The minimum atomic E-state index is -0.0662. The molecule has 1 fully saturated rings. The zero-order valence-electron chi connectivity index (χ0n) is 13.9. The molecule has 0 unspecified atom stereocenters. The van der Waals surface area contributed by atoms with Crippen molar-refractivity contribution < 1.29 is 4.79 Å². The molecule has 5 nitrogen and oxygen atoms in total. The highest BCUT2D eigenvalue weighted by atomic mass is 35.5. The van der Waals surface area contributed by atoms with E-state index in [1.54, 1.807) is 12.3 Å². The SMILES string of the molecule is Nc1nccc(-c2ccc(C(=O)NCC3(c4ccc(Cl)cc4)CC3)s2)n1. The molecule has 1 aliphatic rings. The number of carbonyl (C=O) groups is 1. The summed E-state index contributed by atoms with van der Waals surface area (Å²) in [6.07, 6.45) is 3.76. The average Bonchev–Trinajstić information content (AvgIpc) is 3.26. The largest absolute Gasteiger partial charge is 0.368 e. The molecule has 4 rings (SSSR count). The van der Waals surface area contributed by atoms with Gasteiger partial charge in [0.25, 0.3) is 5.91 Å². The Kier molecular flexibility index (Phi) is 4.38. The lowest BCUT2D eigenvalue weighted by molar-refractivity contribution is 0.0954. The minimum Gasteiger partial charge on any atom is -0.368 e. The lowest BCUT2D eigenvalue weighted by atomic mass is 9.96. The summed E-state index contributed by atoms with van der Waals surface area (Å²) < 4.78 is 0. The van der Waals surface area contributed by atoms with Gasteiger partial charge in [0.15, 0.2) is 0 Å². The van der Waals surface area contributed by atoms with Gasteiger partial charge in [0.05, 0.1) is 15.4 Å². The zero-order valence-corrected chi connectivity index (χ0v) is 15.5. The Hall–Kier alpha value is -2.44. The van der Waals surface area contributed by atoms with Gasteiger partial charge in [0, 0.05) is 23.2 Å². The summed E-state index contributed by atoms with van der Waals surface area (Å²) in [6.45, 7) is 0.626.